The van der Waals surface area contributed by atoms with Gasteiger partial charge in [-0.25, -0.2) is 21.2 Å². The maximum Gasteiger partial charge on any atom is 0.261 e. The normalized spacial score (nSPS) is 18.5. The van der Waals surface area contributed by atoms with Crippen LogP contribution < -0.4 is 9.46 Å². The highest BCUT2D eigenvalue weighted by molar-refractivity contribution is 7.92. The van der Waals surface area contributed by atoms with Crippen LogP contribution in [-0.2, 0) is 20.0 Å². The highest BCUT2D eigenvalue weighted by atomic mass is 32.2. The number of halogens is 1. The Morgan fingerprint density at radius 3 is 2.29 bits per heavy atom. The fraction of sp³-hybridized carbons (Fsp3) is 0.345. The van der Waals surface area contributed by atoms with Gasteiger partial charge in [0.05, 0.1) is 34.5 Å². The Hall–Kier alpha value is -3.52. The molecule has 0 radical (unpaired) electrons. The molecule has 0 fully saturated rings. The summed E-state index contributed by atoms with van der Waals surface area (Å²) in [4.78, 5) is 15.1. The smallest absolute Gasteiger partial charge is 0.261 e. The first kappa shape index (κ1) is 31.4. The number of amides is 1. The second-order valence-corrected chi connectivity index (χ2v) is 14.2. The van der Waals surface area contributed by atoms with E-state index >= 15 is 0 Å². The lowest BCUT2D eigenvalue weighted by Gasteiger charge is -2.38. The largest absolute Gasteiger partial charge is 0.488 e. The van der Waals surface area contributed by atoms with Crippen molar-refractivity contribution in [3.8, 4) is 5.75 Å². The number of rotatable bonds is 9. The van der Waals surface area contributed by atoms with Crippen LogP contribution >= 0.6 is 0 Å². The van der Waals surface area contributed by atoms with Crippen LogP contribution in [0.3, 0.4) is 0 Å². The maximum atomic E-state index is 13.7. The molecular formula is C29H34FN3O7S2. The SMILES string of the molecule is Cc1ccc(S(=O)(=O)N(C)C[C@@H]2Oc3ccc(NS(=O)(=O)c4ccc(F)cc4)cc3C(=O)N([C@H](C)CO)C[C@@H]2C)cc1. The Morgan fingerprint density at radius 2 is 1.67 bits per heavy atom. The molecule has 4 rings (SSSR count). The van der Waals surface area contributed by atoms with Crippen molar-refractivity contribution < 1.29 is 35.9 Å². The fourth-order valence-electron chi connectivity index (χ4n) is 4.57. The minimum atomic E-state index is -4.10. The van der Waals surface area contributed by atoms with Gasteiger partial charge in [0.25, 0.3) is 15.9 Å². The number of sulfonamides is 2. The summed E-state index contributed by atoms with van der Waals surface area (Å²) in [5.74, 6) is -1.28. The Bertz CT molecular complexity index is 1650. The Kier molecular flexibility index (Phi) is 9.26. The zero-order chi connectivity index (χ0) is 30.8. The van der Waals surface area contributed by atoms with Crippen LogP contribution in [0.5, 0.6) is 5.75 Å². The molecule has 1 amide bonds. The number of carbonyl (C=O) groups is 1. The average Bonchev–Trinajstić information content (AvgIpc) is 2.95. The molecule has 1 heterocycles. The van der Waals surface area contributed by atoms with Crippen molar-refractivity contribution in [2.45, 2.75) is 42.7 Å². The lowest BCUT2D eigenvalue weighted by atomic mass is 9.99. The summed E-state index contributed by atoms with van der Waals surface area (Å²) in [6.45, 7) is 5.16. The number of carbonyl (C=O) groups excluding carboxylic acids is 1. The summed E-state index contributed by atoms with van der Waals surface area (Å²) < 4.78 is 75.5. The first-order valence-corrected chi connectivity index (χ1v) is 16.2. The summed E-state index contributed by atoms with van der Waals surface area (Å²) in [5, 5.41) is 9.89. The summed E-state index contributed by atoms with van der Waals surface area (Å²) >= 11 is 0. The van der Waals surface area contributed by atoms with Crippen molar-refractivity contribution in [1.82, 2.24) is 9.21 Å². The topological polar surface area (TPSA) is 133 Å². The number of aryl methyl sites for hydroxylation is 1. The van der Waals surface area contributed by atoms with E-state index in [-0.39, 0.29) is 52.4 Å². The number of ether oxygens (including phenoxy) is 1. The van der Waals surface area contributed by atoms with Crippen LogP contribution in [0.4, 0.5) is 10.1 Å². The minimum Gasteiger partial charge on any atom is -0.488 e. The number of aliphatic hydroxyl groups excluding tert-OH is 1. The summed E-state index contributed by atoms with van der Waals surface area (Å²) in [6.07, 6.45) is -0.697. The standard InChI is InChI=1S/C29H34FN3O7S2/c1-19-5-10-25(11-6-19)42(38,39)32(4)17-28-20(2)16-33(21(3)18-34)29(35)26-15-23(9-14-27(26)40-28)31-41(36,37)24-12-7-22(30)8-13-24/h5-15,20-21,28,31,34H,16-18H2,1-4H3/t20-,21+,28-/m0/s1. The number of nitrogens with one attached hydrogen (secondary N) is 1. The third-order valence-electron chi connectivity index (χ3n) is 7.21. The molecule has 0 saturated carbocycles. The van der Waals surface area contributed by atoms with Crippen molar-refractivity contribution in [1.29, 1.82) is 0 Å². The predicted octanol–water partition coefficient (Wildman–Crippen LogP) is 3.48. The van der Waals surface area contributed by atoms with E-state index in [9.17, 15) is 31.1 Å². The first-order chi connectivity index (χ1) is 19.7. The second-order valence-electron chi connectivity index (χ2n) is 10.5. The zero-order valence-electron chi connectivity index (χ0n) is 23.7. The summed E-state index contributed by atoms with van der Waals surface area (Å²) in [7, 11) is -6.49. The van der Waals surface area contributed by atoms with Crippen molar-refractivity contribution in [3.63, 3.8) is 0 Å². The molecule has 0 aromatic heterocycles. The number of nitrogens with zero attached hydrogens (tertiary/aromatic N) is 2. The molecule has 0 bridgehead atoms. The van der Waals surface area contributed by atoms with Crippen LogP contribution in [0.25, 0.3) is 0 Å². The van der Waals surface area contributed by atoms with Crippen molar-refractivity contribution in [2.24, 2.45) is 5.92 Å². The highest BCUT2D eigenvalue weighted by Gasteiger charge is 2.35. The number of likely N-dealkylation sites (N-methyl/N-ethyl adjacent to an activating group) is 1. The molecule has 226 valence electrons. The van der Waals surface area contributed by atoms with Gasteiger partial charge in [0, 0.05) is 25.2 Å². The molecule has 10 nitrogen and oxygen atoms in total. The molecule has 0 unspecified atom stereocenters. The molecular weight excluding hydrogens is 585 g/mol. The quantitative estimate of drug-likeness (QED) is 0.375. The third kappa shape index (κ3) is 6.75. The molecule has 2 N–H and O–H groups in total. The van der Waals surface area contributed by atoms with Gasteiger partial charge >= 0.3 is 0 Å². The maximum absolute atomic E-state index is 13.7. The van der Waals surface area contributed by atoms with E-state index in [0.717, 1.165) is 29.8 Å². The summed E-state index contributed by atoms with van der Waals surface area (Å²) in [5.41, 5.74) is 1.03. The van der Waals surface area contributed by atoms with Gasteiger partial charge in [-0.3, -0.25) is 9.52 Å². The number of hydrogen-bond acceptors (Lipinski definition) is 7. The van der Waals surface area contributed by atoms with Gasteiger partial charge in [0.2, 0.25) is 10.0 Å². The fourth-order valence-corrected chi connectivity index (χ4v) is 6.81. The minimum absolute atomic E-state index is 0.0364. The second kappa shape index (κ2) is 12.4. The molecule has 3 atom stereocenters. The molecule has 1 aliphatic rings. The molecule has 3 aromatic rings. The van der Waals surface area contributed by atoms with Gasteiger partial charge in [0.15, 0.2) is 0 Å². The molecule has 0 spiro atoms. The van der Waals surface area contributed by atoms with Crippen molar-refractivity contribution >= 4 is 31.6 Å². The Balaban J connectivity index is 1.68. The molecule has 1 aliphatic heterocycles. The van der Waals surface area contributed by atoms with Gasteiger partial charge < -0.3 is 14.7 Å². The van der Waals surface area contributed by atoms with E-state index in [1.165, 1.54) is 46.6 Å². The lowest BCUT2D eigenvalue weighted by Crippen LogP contribution is -2.50. The highest BCUT2D eigenvalue weighted by Crippen LogP contribution is 2.32. The van der Waals surface area contributed by atoms with Gasteiger partial charge in [-0.1, -0.05) is 24.6 Å². The Labute approximate surface area is 245 Å². The van der Waals surface area contributed by atoms with Crippen LogP contribution in [0.1, 0.15) is 29.8 Å². The van der Waals surface area contributed by atoms with Crippen LogP contribution in [0, 0.1) is 18.7 Å². The monoisotopic (exact) mass is 619 g/mol. The lowest BCUT2D eigenvalue weighted by molar-refractivity contribution is 0.0387. The van der Waals surface area contributed by atoms with E-state index in [0.29, 0.717) is 0 Å². The van der Waals surface area contributed by atoms with Gasteiger partial charge in [-0.2, -0.15) is 4.31 Å². The number of anilines is 1. The van der Waals surface area contributed by atoms with Gasteiger partial charge in [0.1, 0.15) is 17.7 Å². The Morgan fingerprint density at radius 1 is 1.05 bits per heavy atom. The predicted molar refractivity (Wildman–Crippen MR) is 156 cm³/mol. The zero-order valence-corrected chi connectivity index (χ0v) is 25.3. The van der Waals surface area contributed by atoms with E-state index in [1.807, 2.05) is 13.8 Å². The molecule has 42 heavy (non-hydrogen) atoms. The van der Waals surface area contributed by atoms with Gasteiger partial charge in [-0.05, 0) is 68.4 Å². The number of fused-ring (bicyclic) bond motifs is 1. The number of aliphatic hydroxyl groups is 1. The molecule has 0 saturated heterocycles. The van der Waals surface area contributed by atoms with Crippen LogP contribution in [0.15, 0.2) is 76.5 Å². The third-order valence-corrected chi connectivity index (χ3v) is 10.4. The van der Waals surface area contributed by atoms with Gasteiger partial charge in [-0.15, -0.1) is 0 Å². The van der Waals surface area contributed by atoms with Crippen molar-refractivity contribution in [3.05, 3.63) is 83.7 Å². The number of benzene rings is 3. The van der Waals surface area contributed by atoms with E-state index < -0.39 is 43.9 Å². The van der Waals surface area contributed by atoms with E-state index in [1.54, 1.807) is 19.1 Å². The summed E-state index contributed by atoms with van der Waals surface area (Å²) in [6, 6.07) is 14.4. The van der Waals surface area contributed by atoms with Crippen molar-refractivity contribution in [2.75, 3.05) is 31.5 Å². The van der Waals surface area contributed by atoms with Crippen LogP contribution in [-0.4, -0.2) is 75.9 Å². The van der Waals surface area contributed by atoms with E-state index in [4.69, 9.17) is 4.74 Å². The number of hydrogen-bond donors (Lipinski definition) is 2. The molecule has 0 aliphatic carbocycles. The molecule has 3 aromatic carbocycles. The van der Waals surface area contributed by atoms with Crippen LogP contribution in [0.2, 0.25) is 0 Å². The molecule has 13 heteroatoms. The van der Waals surface area contributed by atoms with E-state index in [2.05, 4.69) is 4.72 Å². The average molecular weight is 620 g/mol. The first-order valence-electron chi connectivity index (χ1n) is 13.3.